The molecule has 1 rings (SSSR count). The van der Waals surface area contributed by atoms with Crippen LogP contribution in [0.3, 0.4) is 0 Å². The molecule has 1 fully saturated rings. The predicted molar refractivity (Wildman–Crippen MR) is 160 cm³/mol. The molecule has 4 nitrogen and oxygen atoms in total. The van der Waals surface area contributed by atoms with Crippen LogP contribution in [0, 0.1) is 17.3 Å². The molecule has 0 amide bonds. The molecule has 0 aromatic heterocycles. The summed E-state index contributed by atoms with van der Waals surface area (Å²) in [5.74, 6) is 0.983. The van der Waals surface area contributed by atoms with E-state index in [1.54, 1.807) is 0 Å². The molecule has 0 aromatic rings. The molecule has 4 heteroatoms. The average molecular weight is 537 g/mol. The van der Waals surface area contributed by atoms with E-state index in [-0.39, 0.29) is 11.9 Å². The largest absolute Gasteiger partial charge is 0.465 e. The van der Waals surface area contributed by atoms with E-state index < -0.39 is 5.41 Å². The second kappa shape index (κ2) is 22.7. The summed E-state index contributed by atoms with van der Waals surface area (Å²) < 4.78 is 11.3. The zero-order valence-electron chi connectivity index (χ0n) is 26.0. The van der Waals surface area contributed by atoms with Gasteiger partial charge in [-0.05, 0) is 37.5 Å². The van der Waals surface area contributed by atoms with Gasteiger partial charge in [0.1, 0.15) is 0 Å². The molecule has 0 N–H and O–H groups in total. The molecule has 0 saturated heterocycles. The smallest absolute Gasteiger partial charge is 0.323 e. The fraction of sp³-hybridized carbons (Fsp3) is 0.941. The summed E-state index contributed by atoms with van der Waals surface area (Å²) in [6.07, 6.45) is 26.4. The highest BCUT2D eigenvalue weighted by atomic mass is 16.6. The van der Waals surface area contributed by atoms with E-state index in [0.717, 1.165) is 56.8 Å². The van der Waals surface area contributed by atoms with Gasteiger partial charge >= 0.3 is 11.9 Å². The van der Waals surface area contributed by atoms with Crippen LogP contribution in [0.15, 0.2) is 0 Å². The maximum Gasteiger partial charge on any atom is 0.323 e. The summed E-state index contributed by atoms with van der Waals surface area (Å²) in [4.78, 5) is 26.1. The van der Waals surface area contributed by atoms with Gasteiger partial charge in [-0.3, -0.25) is 9.59 Å². The van der Waals surface area contributed by atoms with Crippen molar-refractivity contribution in [1.29, 1.82) is 0 Å². The summed E-state index contributed by atoms with van der Waals surface area (Å²) in [5, 5.41) is 0. The molecular weight excluding hydrogens is 472 g/mol. The number of carbonyl (C=O) groups excluding carboxylic acids is 2. The van der Waals surface area contributed by atoms with Crippen LogP contribution in [0.2, 0.25) is 0 Å². The fourth-order valence-electron chi connectivity index (χ4n) is 5.68. The lowest BCUT2D eigenvalue weighted by Crippen LogP contribution is -2.43. The van der Waals surface area contributed by atoms with E-state index >= 15 is 0 Å². The van der Waals surface area contributed by atoms with Crippen molar-refractivity contribution in [2.45, 2.75) is 175 Å². The van der Waals surface area contributed by atoms with Crippen LogP contribution in [0.4, 0.5) is 0 Å². The van der Waals surface area contributed by atoms with Crippen molar-refractivity contribution in [2.24, 2.45) is 17.3 Å². The molecule has 224 valence electrons. The fourth-order valence-corrected chi connectivity index (χ4v) is 5.68. The molecule has 1 aliphatic rings. The quantitative estimate of drug-likeness (QED) is 0.0699. The van der Waals surface area contributed by atoms with Gasteiger partial charge in [0.05, 0.1) is 13.2 Å². The van der Waals surface area contributed by atoms with Crippen molar-refractivity contribution < 1.29 is 19.1 Å². The Kier molecular flexibility index (Phi) is 20.9. The van der Waals surface area contributed by atoms with Crippen LogP contribution in [0.1, 0.15) is 175 Å². The number of carbonyl (C=O) groups is 2. The number of rotatable bonds is 24. The highest BCUT2D eigenvalue weighted by Crippen LogP contribution is 2.39. The van der Waals surface area contributed by atoms with Gasteiger partial charge in [-0.1, -0.05) is 150 Å². The van der Waals surface area contributed by atoms with E-state index in [1.807, 2.05) is 0 Å². The summed E-state index contributed by atoms with van der Waals surface area (Å²) >= 11 is 0. The van der Waals surface area contributed by atoms with Crippen molar-refractivity contribution in [3.05, 3.63) is 0 Å². The lowest BCUT2D eigenvalue weighted by atomic mass is 9.74. The molecule has 0 unspecified atom stereocenters. The first-order chi connectivity index (χ1) is 18.4. The number of esters is 2. The molecule has 0 atom stereocenters. The maximum atomic E-state index is 13.0. The Labute approximate surface area is 236 Å². The van der Waals surface area contributed by atoms with E-state index in [4.69, 9.17) is 9.47 Å². The Morgan fingerprint density at radius 3 is 1.16 bits per heavy atom. The summed E-state index contributed by atoms with van der Waals surface area (Å²) in [6, 6.07) is 0. The zero-order valence-corrected chi connectivity index (χ0v) is 26.0. The van der Waals surface area contributed by atoms with Gasteiger partial charge in [-0.2, -0.15) is 0 Å². The lowest BCUT2D eigenvalue weighted by Gasteiger charge is -2.32. The van der Waals surface area contributed by atoms with Crippen molar-refractivity contribution in [2.75, 3.05) is 13.2 Å². The van der Waals surface area contributed by atoms with Crippen LogP contribution in [-0.2, 0) is 19.1 Å². The van der Waals surface area contributed by atoms with E-state index in [2.05, 4.69) is 27.7 Å². The van der Waals surface area contributed by atoms with Crippen molar-refractivity contribution in [1.82, 2.24) is 0 Å². The molecule has 0 aliphatic heterocycles. The van der Waals surface area contributed by atoms with Gasteiger partial charge in [0.2, 0.25) is 0 Å². The van der Waals surface area contributed by atoms with Gasteiger partial charge in [0.25, 0.3) is 0 Å². The topological polar surface area (TPSA) is 52.6 Å². The SMILES string of the molecule is CC(C)CCCCCCCCCCOC(=O)C1(C(=O)OCCCCCCCCCCC(C)C)CCCCC1. The summed E-state index contributed by atoms with van der Waals surface area (Å²) in [7, 11) is 0. The van der Waals surface area contributed by atoms with Crippen LogP contribution in [-0.4, -0.2) is 25.2 Å². The normalized spacial score (nSPS) is 15.2. The number of unbranched alkanes of at least 4 members (excludes halogenated alkanes) is 14. The summed E-state index contributed by atoms with van der Waals surface area (Å²) in [5.41, 5.74) is -1.05. The Morgan fingerprint density at radius 2 is 0.816 bits per heavy atom. The van der Waals surface area contributed by atoms with E-state index in [1.165, 1.54) is 89.9 Å². The minimum absolute atomic E-state index is 0.329. The maximum absolute atomic E-state index is 13.0. The standard InChI is InChI=1S/C34H64O4/c1-30(2)24-18-13-9-5-7-11-15-22-28-37-32(35)34(26-20-17-21-27-34)33(36)38-29-23-16-12-8-6-10-14-19-25-31(3)4/h30-31H,5-29H2,1-4H3. The molecule has 0 aromatic carbocycles. The Balaban J connectivity index is 2.15. The van der Waals surface area contributed by atoms with Gasteiger partial charge in [-0.25, -0.2) is 0 Å². The molecule has 0 radical (unpaired) electrons. The van der Waals surface area contributed by atoms with Crippen LogP contribution >= 0.6 is 0 Å². The van der Waals surface area contributed by atoms with Crippen molar-refractivity contribution >= 4 is 11.9 Å². The second-order valence-corrected chi connectivity index (χ2v) is 12.9. The minimum Gasteiger partial charge on any atom is -0.465 e. The minimum atomic E-state index is -1.05. The van der Waals surface area contributed by atoms with Crippen LogP contribution in [0.5, 0.6) is 0 Å². The lowest BCUT2D eigenvalue weighted by molar-refractivity contribution is -0.175. The number of hydrogen-bond acceptors (Lipinski definition) is 4. The second-order valence-electron chi connectivity index (χ2n) is 12.9. The molecular formula is C34H64O4. The molecule has 1 saturated carbocycles. The Hall–Kier alpha value is -1.06. The highest BCUT2D eigenvalue weighted by molar-refractivity contribution is 6.00. The van der Waals surface area contributed by atoms with Crippen molar-refractivity contribution in [3.63, 3.8) is 0 Å². The van der Waals surface area contributed by atoms with Gasteiger partial charge in [0.15, 0.2) is 5.41 Å². The third kappa shape index (κ3) is 16.8. The first-order valence-electron chi connectivity index (χ1n) is 16.7. The van der Waals surface area contributed by atoms with E-state index in [0.29, 0.717) is 26.1 Å². The molecule has 0 bridgehead atoms. The first kappa shape index (κ1) is 35.0. The molecule has 0 spiro atoms. The molecule has 38 heavy (non-hydrogen) atoms. The molecule has 0 heterocycles. The Bertz CT molecular complexity index is 533. The van der Waals surface area contributed by atoms with Gasteiger partial charge in [-0.15, -0.1) is 0 Å². The van der Waals surface area contributed by atoms with Gasteiger partial charge < -0.3 is 9.47 Å². The summed E-state index contributed by atoms with van der Waals surface area (Å²) in [6.45, 7) is 10.0. The van der Waals surface area contributed by atoms with Gasteiger partial charge in [0, 0.05) is 0 Å². The van der Waals surface area contributed by atoms with E-state index in [9.17, 15) is 9.59 Å². The monoisotopic (exact) mass is 536 g/mol. The highest BCUT2D eigenvalue weighted by Gasteiger charge is 2.49. The van der Waals surface area contributed by atoms with Crippen molar-refractivity contribution in [3.8, 4) is 0 Å². The molecule has 1 aliphatic carbocycles. The van der Waals surface area contributed by atoms with Crippen LogP contribution < -0.4 is 0 Å². The third-order valence-corrected chi connectivity index (χ3v) is 8.31. The third-order valence-electron chi connectivity index (χ3n) is 8.31. The zero-order chi connectivity index (χ0) is 27.9. The van der Waals surface area contributed by atoms with Crippen LogP contribution in [0.25, 0.3) is 0 Å². The average Bonchev–Trinajstić information content (AvgIpc) is 2.90. The first-order valence-corrected chi connectivity index (χ1v) is 16.7. The number of hydrogen-bond donors (Lipinski definition) is 0. The predicted octanol–water partition coefficient (Wildman–Crippen LogP) is 10.4. The number of ether oxygens (including phenoxy) is 2. The Morgan fingerprint density at radius 1 is 0.500 bits per heavy atom.